The molecule has 0 spiro atoms. The first-order valence-electron chi connectivity index (χ1n) is 17.0. The lowest BCUT2D eigenvalue weighted by Gasteiger charge is -2.30. The molecule has 0 bridgehead atoms. The Morgan fingerprint density at radius 3 is 2.24 bits per heavy atom. The molecule has 0 fully saturated rings. The second-order valence-electron chi connectivity index (χ2n) is 12.8. The first-order chi connectivity index (χ1) is 24.5. The van der Waals surface area contributed by atoms with Crippen molar-refractivity contribution >= 4 is 46.3 Å². The Morgan fingerprint density at radius 1 is 0.961 bits per heavy atom. The Bertz CT molecular complexity index is 1700. The lowest BCUT2D eigenvalue weighted by Crippen LogP contribution is -2.55. The van der Waals surface area contributed by atoms with E-state index < -0.39 is 36.4 Å². The van der Waals surface area contributed by atoms with Crippen LogP contribution in [-0.2, 0) is 35.5 Å². The molecule has 0 aliphatic rings. The fraction of sp³-hybridized carbons (Fsp3) is 0.395. The van der Waals surface area contributed by atoms with Crippen LogP contribution in [0.25, 0.3) is 5.57 Å². The van der Waals surface area contributed by atoms with Crippen LogP contribution in [0.1, 0.15) is 60.8 Å². The summed E-state index contributed by atoms with van der Waals surface area (Å²) in [5.74, 6) is -0.593. The van der Waals surface area contributed by atoms with E-state index >= 15 is 0 Å². The van der Waals surface area contributed by atoms with Crippen molar-refractivity contribution in [3.8, 4) is 0 Å². The molecule has 2 aromatic heterocycles. The number of hydrogen-bond donors (Lipinski definition) is 4. The van der Waals surface area contributed by atoms with Crippen LogP contribution in [-0.4, -0.2) is 69.3 Å². The topological polar surface area (TPSA) is 146 Å². The molecule has 0 unspecified atom stereocenters. The van der Waals surface area contributed by atoms with Gasteiger partial charge in [-0.1, -0.05) is 80.6 Å². The number of rotatable bonds is 17. The molecule has 4 amide bonds. The summed E-state index contributed by atoms with van der Waals surface area (Å²) in [5, 5.41) is 23.4. The number of aliphatic hydroxyl groups excluding tert-OH is 1. The van der Waals surface area contributed by atoms with E-state index in [2.05, 4.69) is 25.9 Å². The van der Waals surface area contributed by atoms with Crippen molar-refractivity contribution in [2.45, 2.75) is 84.3 Å². The monoisotopic (exact) mass is 732 g/mol. The van der Waals surface area contributed by atoms with Crippen molar-refractivity contribution in [3.05, 3.63) is 111 Å². The third-order valence-corrected chi connectivity index (χ3v) is 10.2. The number of alkyl carbamates (subject to hydrolysis) is 1. The van der Waals surface area contributed by atoms with Gasteiger partial charge in [0.25, 0.3) is 0 Å². The van der Waals surface area contributed by atoms with E-state index in [9.17, 15) is 19.5 Å². The van der Waals surface area contributed by atoms with E-state index in [0.29, 0.717) is 12.8 Å². The van der Waals surface area contributed by atoms with Crippen molar-refractivity contribution < 1.29 is 24.2 Å². The van der Waals surface area contributed by atoms with Gasteiger partial charge in [-0.25, -0.2) is 14.6 Å². The van der Waals surface area contributed by atoms with Crippen LogP contribution >= 0.6 is 22.7 Å². The number of urea groups is 1. The zero-order valence-electron chi connectivity index (χ0n) is 29.7. The largest absolute Gasteiger partial charge is 0.444 e. The highest BCUT2D eigenvalue weighted by atomic mass is 32.1. The quantitative estimate of drug-likeness (QED) is 0.101. The number of nitrogens with zero attached hydrogens (tertiary/aromatic N) is 3. The Morgan fingerprint density at radius 2 is 1.63 bits per heavy atom. The maximum absolute atomic E-state index is 13.9. The zero-order chi connectivity index (χ0) is 36.8. The number of nitrogens with one attached hydrogen (secondary N) is 3. The molecule has 272 valence electrons. The average Bonchev–Trinajstić information content (AvgIpc) is 3.82. The summed E-state index contributed by atoms with van der Waals surface area (Å²) in [4.78, 5) is 51.1. The van der Waals surface area contributed by atoms with Gasteiger partial charge in [0.2, 0.25) is 5.91 Å². The number of carbonyl (C=O) groups is 3. The number of aliphatic hydroxyl groups is 1. The SMILES string of the molecule is CC=C(C)c1nc(CN(C)C(=O)N[C@H](C(=O)N[C@@H](Cc2ccccc2)C[C@H](O)[C@H](Cc2ccccc2)NC(=O)OCc2cncs2)C(C)C)cs1. The van der Waals surface area contributed by atoms with Crippen molar-refractivity contribution in [1.82, 2.24) is 30.8 Å². The number of allylic oxidation sites excluding steroid dienone is 2. The van der Waals surface area contributed by atoms with Crippen LogP contribution in [0.15, 0.2) is 83.8 Å². The molecule has 4 aromatic rings. The highest BCUT2D eigenvalue weighted by Crippen LogP contribution is 2.20. The van der Waals surface area contributed by atoms with Gasteiger partial charge in [0.05, 0.1) is 34.8 Å². The maximum atomic E-state index is 13.9. The van der Waals surface area contributed by atoms with Gasteiger partial charge in [0.15, 0.2) is 0 Å². The van der Waals surface area contributed by atoms with Crippen molar-refractivity contribution in [3.63, 3.8) is 0 Å². The minimum absolute atomic E-state index is 0.0650. The smallest absolute Gasteiger partial charge is 0.407 e. The third-order valence-electron chi connectivity index (χ3n) is 8.39. The van der Waals surface area contributed by atoms with E-state index in [1.165, 1.54) is 27.6 Å². The third kappa shape index (κ3) is 12.6. The molecule has 0 saturated carbocycles. The summed E-state index contributed by atoms with van der Waals surface area (Å²) in [6, 6.07) is 16.7. The molecule has 11 nitrogen and oxygen atoms in total. The van der Waals surface area contributed by atoms with Gasteiger partial charge in [0.1, 0.15) is 17.7 Å². The molecular weight excluding hydrogens is 685 g/mol. The summed E-state index contributed by atoms with van der Waals surface area (Å²) in [7, 11) is 1.67. The van der Waals surface area contributed by atoms with Crippen molar-refractivity contribution in [2.75, 3.05) is 7.05 Å². The number of aromatic nitrogens is 2. The van der Waals surface area contributed by atoms with E-state index in [-0.39, 0.29) is 31.4 Å². The molecule has 4 N–H and O–H groups in total. The summed E-state index contributed by atoms with van der Waals surface area (Å²) < 4.78 is 5.43. The lowest BCUT2D eigenvalue weighted by molar-refractivity contribution is -0.124. The minimum Gasteiger partial charge on any atom is -0.444 e. The molecule has 0 radical (unpaired) electrons. The number of ether oxygens (including phenoxy) is 1. The van der Waals surface area contributed by atoms with Crippen LogP contribution in [0.3, 0.4) is 0 Å². The fourth-order valence-electron chi connectivity index (χ4n) is 5.41. The van der Waals surface area contributed by atoms with E-state index in [4.69, 9.17) is 4.74 Å². The molecule has 0 aliphatic carbocycles. The van der Waals surface area contributed by atoms with Crippen LogP contribution < -0.4 is 16.0 Å². The molecule has 0 saturated heterocycles. The fourth-order valence-corrected chi connectivity index (χ4v) is 6.76. The zero-order valence-corrected chi connectivity index (χ0v) is 31.4. The molecule has 4 rings (SSSR count). The standard InChI is InChI=1S/C38H48N6O5S2/c1-6-26(4)36-41-30(23-50-36)21-44(5)37(47)43-34(25(2)3)35(46)40-29(17-27-13-9-7-10-14-27)19-33(45)32(18-28-15-11-8-12-16-28)42-38(48)49-22-31-20-39-24-51-31/h6-16,20,23-25,29,32-34,45H,17-19,21-22H2,1-5H3,(H,40,46)(H,42,48)(H,43,47)/t29-,32-,33-,34-/m0/s1. The molecule has 13 heteroatoms. The second kappa shape index (κ2) is 19.7. The number of carbonyl (C=O) groups excluding carboxylic acids is 3. The van der Waals surface area contributed by atoms with Crippen LogP contribution in [0.4, 0.5) is 9.59 Å². The highest BCUT2D eigenvalue weighted by molar-refractivity contribution is 7.10. The summed E-state index contributed by atoms with van der Waals surface area (Å²) in [5.41, 5.74) is 5.39. The summed E-state index contributed by atoms with van der Waals surface area (Å²) >= 11 is 2.91. The summed E-state index contributed by atoms with van der Waals surface area (Å²) in [6.45, 7) is 8.05. The van der Waals surface area contributed by atoms with Gasteiger partial charge in [-0.05, 0) is 55.7 Å². The Kier molecular flexibility index (Phi) is 15.1. The maximum Gasteiger partial charge on any atom is 0.407 e. The first kappa shape index (κ1) is 39.2. The van der Waals surface area contributed by atoms with Gasteiger partial charge in [-0.2, -0.15) is 0 Å². The average molecular weight is 733 g/mol. The molecule has 4 atom stereocenters. The molecule has 2 heterocycles. The normalized spacial score (nSPS) is 13.9. The number of hydrogen-bond acceptors (Lipinski definition) is 9. The van der Waals surface area contributed by atoms with Gasteiger partial charge >= 0.3 is 12.1 Å². The van der Waals surface area contributed by atoms with Crippen molar-refractivity contribution in [2.24, 2.45) is 5.92 Å². The van der Waals surface area contributed by atoms with E-state index in [1.807, 2.05) is 99.8 Å². The Labute approximate surface area is 308 Å². The van der Waals surface area contributed by atoms with Gasteiger partial charge < -0.3 is 30.7 Å². The molecule has 2 aromatic carbocycles. The Hall–Kier alpha value is -4.59. The van der Waals surface area contributed by atoms with Gasteiger partial charge in [-0.15, -0.1) is 22.7 Å². The lowest BCUT2D eigenvalue weighted by atomic mass is 9.93. The summed E-state index contributed by atoms with van der Waals surface area (Å²) in [6.07, 6.45) is 2.81. The molecule has 51 heavy (non-hydrogen) atoms. The minimum atomic E-state index is -1.05. The van der Waals surface area contributed by atoms with Gasteiger partial charge in [-0.3, -0.25) is 9.78 Å². The number of amides is 4. The first-order valence-corrected chi connectivity index (χ1v) is 18.7. The number of benzene rings is 2. The molecule has 0 aliphatic heterocycles. The van der Waals surface area contributed by atoms with Crippen LogP contribution in [0.5, 0.6) is 0 Å². The van der Waals surface area contributed by atoms with Crippen LogP contribution in [0, 0.1) is 5.92 Å². The predicted molar refractivity (Wildman–Crippen MR) is 202 cm³/mol. The van der Waals surface area contributed by atoms with Crippen LogP contribution in [0.2, 0.25) is 0 Å². The Balaban J connectivity index is 1.46. The van der Waals surface area contributed by atoms with Gasteiger partial charge in [0, 0.05) is 24.7 Å². The van der Waals surface area contributed by atoms with E-state index in [0.717, 1.165) is 32.3 Å². The second-order valence-corrected chi connectivity index (χ2v) is 14.7. The van der Waals surface area contributed by atoms with Crippen molar-refractivity contribution in [1.29, 1.82) is 0 Å². The number of thiazole rings is 2. The molecular formula is C38H48N6O5S2. The van der Waals surface area contributed by atoms with E-state index in [1.54, 1.807) is 18.8 Å². The predicted octanol–water partition coefficient (Wildman–Crippen LogP) is 6.21. The highest BCUT2D eigenvalue weighted by Gasteiger charge is 2.31.